The summed E-state index contributed by atoms with van der Waals surface area (Å²) in [5.74, 6) is 0.879. The summed E-state index contributed by atoms with van der Waals surface area (Å²) >= 11 is 6.00. The molecule has 0 amide bonds. The normalized spacial score (nSPS) is 10.1. The number of aromatic nitrogens is 3. The van der Waals surface area contributed by atoms with E-state index in [0.717, 1.165) is 5.56 Å². The van der Waals surface area contributed by atoms with Crippen LogP contribution >= 0.6 is 11.6 Å². The van der Waals surface area contributed by atoms with Crippen molar-refractivity contribution in [2.75, 3.05) is 0 Å². The standard InChI is InChI=1S/C16H9ClN4/c17-16-20-14(11-6-2-1-3-7-11)19-15(21-16)13-9-5-4-8-12(13)10-18/h1-9H. The Morgan fingerprint density at radius 3 is 2.24 bits per heavy atom. The van der Waals surface area contributed by atoms with Crippen molar-refractivity contribution < 1.29 is 0 Å². The van der Waals surface area contributed by atoms with Gasteiger partial charge in [-0.05, 0) is 23.7 Å². The van der Waals surface area contributed by atoms with Crippen LogP contribution in [0.4, 0.5) is 0 Å². The number of rotatable bonds is 2. The molecule has 0 aliphatic carbocycles. The van der Waals surface area contributed by atoms with Gasteiger partial charge in [0.2, 0.25) is 5.28 Å². The van der Waals surface area contributed by atoms with E-state index in [9.17, 15) is 5.26 Å². The maximum absolute atomic E-state index is 9.18. The second kappa shape index (κ2) is 5.70. The van der Waals surface area contributed by atoms with Crippen molar-refractivity contribution in [2.45, 2.75) is 0 Å². The zero-order valence-electron chi connectivity index (χ0n) is 10.9. The molecule has 3 aromatic rings. The fourth-order valence-electron chi connectivity index (χ4n) is 1.96. The van der Waals surface area contributed by atoms with Gasteiger partial charge in [0.25, 0.3) is 0 Å². The first-order valence-electron chi connectivity index (χ1n) is 6.24. The van der Waals surface area contributed by atoms with Crippen LogP contribution in [0.25, 0.3) is 22.8 Å². The summed E-state index contributed by atoms with van der Waals surface area (Å²) in [6.07, 6.45) is 0. The Labute approximate surface area is 126 Å². The van der Waals surface area contributed by atoms with Gasteiger partial charge >= 0.3 is 0 Å². The van der Waals surface area contributed by atoms with Gasteiger partial charge in [0.1, 0.15) is 0 Å². The zero-order chi connectivity index (χ0) is 14.7. The van der Waals surface area contributed by atoms with E-state index in [2.05, 4.69) is 21.0 Å². The van der Waals surface area contributed by atoms with Crippen LogP contribution in [0.3, 0.4) is 0 Å². The molecule has 1 aromatic heterocycles. The molecule has 0 aliphatic heterocycles. The highest BCUT2D eigenvalue weighted by Crippen LogP contribution is 2.23. The number of nitrogens with zero attached hydrogens (tertiary/aromatic N) is 4. The third-order valence-electron chi connectivity index (χ3n) is 2.93. The van der Waals surface area contributed by atoms with E-state index in [1.165, 1.54) is 0 Å². The summed E-state index contributed by atoms with van der Waals surface area (Å²) in [7, 11) is 0. The molecule has 0 N–H and O–H groups in total. The van der Waals surface area contributed by atoms with Crippen molar-refractivity contribution >= 4 is 11.6 Å². The van der Waals surface area contributed by atoms with E-state index < -0.39 is 0 Å². The lowest BCUT2D eigenvalue weighted by molar-refractivity contribution is 1.06. The highest BCUT2D eigenvalue weighted by atomic mass is 35.5. The van der Waals surface area contributed by atoms with Crippen LogP contribution in [-0.4, -0.2) is 15.0 Å². The molecule has 0 fully saturated rings. The van der Waals surface area contributed by atoms with Gasteiger partial charge in [-0.3, -0.25) is 0 Å². The zero-order valence-corrected chi connectivity index (χ0v) is 11.6. The van der Waals surface area contributed by atoms with Crippen LogP contribution in [0.1, 0.15) is 5.56 Å². The maximum Gasteiger partial charge on any atom is 0.226 e. The summed E-state index contributed by atoms with van der Waals surface area (Å²) in [4.78, 5) is 12.7. The molecule has 3 rings (SSSR count). The lowest BCUT2D eigenvalue weighted by Crippen LogP contribution is -1.98. The average Bonchev–Trinajstić information content (AvgIpc) is 2.55. The minimum atomic E-state index is 0.103. The Morgan fingerprint density at radius 1 is 0.810 bits per heavy atom. The lowest BCUT2D eigenvalue weighted by atomic mass is 10.1. The van der Waals surface area contributed by atoms with Crippen molar-refractivity contribution in [2.24, 2.45) is 0 Å². The first-order chi connectivity index (χ1) is 10.3. The van der Waals surface area contributed by atoms with Crippen molar-refractivity contribution in [3.63, 3.8) is 0 Å². The Balaban J connectivity index is 2.17. The summed E-state index contributed by atoms with van der Waals surface area (Å²) in [5.41, 5.74) is 1.98. The van der Waals surface area contributed by atoms with Crippen molar-refractivity contribution in [3.8, 4) is 28.8 Å². The number of hydrogen-bond donors (Lipinski definition) is 0. The Bertz CT molecular complexity index is 825. The van der Waals surface area contributed by atoms with Crippen LogP contribution in [0, 0.1) is 11.3 Å². The number of halogens is 1. The predicted molar refractivity (Wildman–Crippen MR) is 80.4 cm³/mol. The van der Waals surface area contributed by atoms with E-state index >= 15 is 0 Å². The highest BCUT2D eigenvalue weighted by molar-refractivity contribution is 6.28. The van der Waals surface area contributed by atoms with Gasteiger partial charge in [-0.15, -0.1) is 0 Å². The molecular weight excluding hydrogens is 284 g/mol. The molecule has 5 heteroatoms. The largest absolute Gasteiger partial charge is 0.226 e. The van der Waals surface area contributed by atoms with Gasteiger partial charge in [0.05, 0.1) is 11.6 Å². The van der Waals surface area contributed by atoms with Gasteiger partial charge in [-0.1, -0.05) is 42.5 Å². The second-order valence-electron chi connectivity index (χ2n) is 4.28. The monoisotopic (exact) mass is 292 g/mol. The van der Waals surface area contributed by atoms with Crippen LogP contribution < -0.4 is 0 Å². The molecule has 2 aromatic carbocycles. The SMILES string of the molecule is N#Cc1ccccc1-c1nc(Cl)nc(-c2ccccc2)n1. The Morgan fingerprint density at radius 2 is 1.48 bits per heavy atom. The number of nitriles is 1. The van der Waals surface area contributed by atoms with Crippen LogP contribution in [0.2, 0.25) is 5.28 Å². The molecule has 1 heterocycles. The molecule has 4 nitrogen and oxygen atoms in total. The maximum atomic E-state index is 9.18. The smallest absolute Gasteiger partial charge is 0.208 e. The second-order valence-corrected chi connectivity index (χ2v) is 4.61. The first-order valence-corrected chi connectivity index (χ1v) is 6.62. The van der Waals surface area contributed by atoms with Crippen LogP contribution in [0.15, 0.2) is 54.6 Å². The number of benzene rings is 2. The third-order valence-corrected chi connectivity index (χ3v) is 3.10. The van der Waals surface area contributed by atoms with Crippen molar-refractivity contribution in [1.29, 1.82) is 5.26 Å². The Kier molecular flexibility index (Phi) is 3.59. The molecule has 100 valence electrons. The molecule has 0 atom stereocenters. The molecule has 0 spiro atoms. The topological polar surface area (TPSA) is 62.5 Å². The molecule has 0 aliphatic rings. The molecule has 0 bridgehead atoms. The average molecular weight is 293 g/mol. The van der Waals surface area contributed by atoms with E-state index in [1.807, 2.05) is 36.4 Å². The highest BCUT2D eigenvalue weighted by Gasteiger charge is 2.11. The molecule has 0 saturated heterocycles. The van der Waals surface area contributed by atoms with E-state index in [0.29, 0.717) is 22.8 Å². The summed E-state index contributed by atoms with van der Waals surface area (Å²) in [6, 6.07) is 18.8. The molecule has 0 radical (unpaired) electrons. The molecule has 21 heavy (non-hydrogen) atoms. The summed E-state index contributed by atoms with van der Waals surface area (Å²) in [6.45, 7) is 0. The number of hydrogen-bond acceptors (Lipinski definition) is 4. The van der Waals surface area contributed by atoms with E-state index in [4.69, 9.17) is 11.6 Å². The fourth-order valence-corrected chi connectivity index (χ4v) is 2.12. The van der Waals surface area contributed by atoms with Crippen LogP contribution in [0.5, 0.6) is 0 Å². The lowest BCUT2D eigenvalue weighted by Gasteiger charge is -2.05. The minimum absolute atomic E-state index is 0.103. The van der Waals surface area contributed by atoms with Crippen LogP contribution in [-0.2, 0) is 0 Å². The first kappa shape index (κ1) is 13.2. The molecule has 0 saturated carbocycles. The third kappa shape index (κ3) is 2.73. The van der Waals surface area contributed by atoms with E-state index in [-0.39, 0.29) is 5.28 Å². The van der Waals surface area contributed by atoms with Gasteiger partial charge < -0.3 is 0 Å². The summed E-state index contributed by atoms with van der Waals surface area (Å²) in [5, 5.41) is 9.28. The molecular formula is C16H9ClN4. The fraction of sp³-hybridized carbons (Fsp3) is 0. The quantitative estimate of drug-likeness (QED) is 0.722. The van der Waals surface area contributed by atoms with Crippen molar-refractivity contribution in [3.05, 3.63) is 65.4 Å². The van der Waals surface area contributed by atoms with Crippen molar-refractivity contribution in [1.82, 2.24) is 15.0 Å². The van der Waals surface area contributed by atoms with Gasteiger partial charge in [-0.2, -0.15) is 15.2 Å². The Hall–Kier alpha value is -2.77. The molecule has 0 unspecified atom stereocenters. The van der Waals surface area contributed by atoms with Gasteiger partial charge in [0, 0.05) is 11.1 Å². The van der Waals surface area contributed by atoms with E-state index in [1.54, 1.807) is 18.2 Å². The summed E-state index contributed by atoms with van der Waals surface area (Å²) < 4.78 is 0. The minimum Gasteiger partial charge on any atom is -0.208 e. The van der Waals surface area contributed by atoms with Gasteiger partial charge in [-0.25, -0.2) is 4.98 Å². The van der Waals surface area contributed by atoms with Gasteiger partial charge in [0.15, 0.2) is 11.6 Å². The predicted octanol–water partition coefficient (Wildman–Crippen LogP) is 3.73.